The number of anilines is 1. The molecule has 0 saturated carbocycles. The van der Waals surface area contributed by atoms with E-state index in [2.05, 4.69) is 58.8 Å². The van der Waals surface area contributed by atoms with Crippen molar-refractivity contribution >= 4 is 17.2 Å². The summed E-state index contributed by atoms with van der Waals surface area (Å²) < 4.78 is 0. The van der Waals surface area contributed by atoms with Gasteiger partial charge in [-0.2, -0.15) is 0 Å². The summed E-state index contributed by atoms with van der Waals surface area (Å²) >= 11 is 0. The van der Waals surface area contributed by atoms with Crippen molar-refractivity contribution in [1.29, 1.82) is 0 Å². The molecule has 1 aliphatic rings. The van der Waals surface area contributed by atoms with Gasteiger partial charge in [-0.25, -0.2) is 0 Å². The Bertz CT molecular complexity index is 1280. The van der Waals surface area contributed by atoms with Gasteiger partial charge in [0, 0.05) is 30.9 Å². The lowest BCUT2D eigenvalue weighted by Crippen LogP contribution is -2.27. The molecule has 0 aromatic heterocycles. The van der Waals surface area contributed by atoms with Gasteiger partial charge in [-0.3, -0.25) is 9.69 Å². The smallest absolute Gasteiger partial charge is 0.256 e. The van der Waals surface area contributed by atoms with Crippen LogP contribution in [-0.2, 0) is 6.54 Å². The van der Waals surface area contributed by atoms with E-state index in [1.54, 1.807) is 0 Å². The van der Waals surface area contributed by atoms with E-state index >= 15 is 0 Å². The third-order valence-corrected chi connectivity index (χ3v) is 6.31. The van der Waals surface area contributed by atoms with Gasteiger partial charge < -0.3 is 5.32 Å². The van der Waals surface area contributed by atoms with Gasteiger partial charge in [0.05, 0.1) is 0 Å². The number of carbonyl (C=O) groups excluding carboxylic acids is 1. The summed E-state index contributed by atoms with van der Waals surface area (Å²) in [6.45, 7) is 2.99. The van der Waals surface area contributed by atoms with Gasteiger partial charge in [0.15, 0.2) is 0 Å². The monoisotopic (exact) mass is 444 g/mol. The minimum absolute atomic E-state index is 0.0966. The number of hydrogen-bond acceptors (Lipinski definition) is 2. The standard InChI is InChI=1S/C31H28N2O/c34-31(30-14-8-7-13-29(30)27-11-5-2-6-12-27)32-28-17-15-25(16-18-28)26-19-21-33(22-20-26)23-24-9-3-1-4-10-24/h1-19H,20-23H2,(H,32,34). The van der Waals surface area contributed by atoms with E-state index in [9.17, 15) is 4.79 Å². The Balaban J connectivity index is 1.24. The average Bonchev–Trinajstić information content (AvgIpc) is 2.91. The van der Waals surface area contributed by atoms with Crippen LogP contribution in [-0.4, -0.2) is 23.9 Å². The van der Waals surface area contributed by atoms with Crippen LogP contribution in [0.4, 0.5) is 5.69 Å². The summed E-state index contributed by atoms with van der Waals surface area (Å²) in [5.41, 5.74) is 7.40. The van der Waals surface area contributed by atoms with E-state index in [4.69, 9.17) is 0 Å². The molecular formula is C31H28N2O. The summed E-state index contributed by atoms with van der Waals surface area (Å²) in [6, 6.07) is 36.6. The van der Waals surface area contributed by atoms with Crippen molar-refractivity contribution in [1.82, 2.24) is 4.90 Å². The zero-order valence-electron chi connectivity index (χ0n) is 19.2. The van der Waals surface area contributed by atoms with Gasteiger partial charge in [0.2, 0.25) is 0 Å². The largest absolute Gasteiger partial charge is 0.322 e. The highest BCUT2D eigenvalue weighted by Crippen LogP contribution is 2.26. The third kappa shape index (κ3) is 5.16. The maximum atomic E-state index is 13.1. The van der Waals surface area contributed by atoms with E-state index in [1.807, 2.05) is 66.7 Å². The number of nitrogens with one attached hydrogen (secondary N) is 1. The van der Waals surface area contributed by atoms with E-state index in [1.165, 1.54) is 16.7 Å². The Labute approximate surface area is 201 Å². The fourth-order valence-electron chi connectivity index (χ4n) is 4.48. The van der Waals surface area contributed by atoms with Crippen LogP contribution in [0.25, 0.3) is 16.7 Å². The number of nitrogens with zero attached hydrogens (tertiary/aromatic N) is 1. The Morgan fingerprint density at radius 2 is 1.41 bits per heavy atom. The van der Waals surface area contributed by atoms with Crippen LogP contribution in [0.3, 0.4) is 0 Å². The Kier molecular flexibility index (Phi) is 6.64. The maximum Gasteiger partial charge on any atom is 0.256 e. The molecule has 4 aromatic rings. The molecule has 0 aliphatic carbocycles. The van der Waals surface area contributed by atoms with Gasteiger partial charge in [0.1, 0.15) is 0 Å². The van der Waals surface area contributed by atoms with Crippen molar-refractivity contribution in [2.24, 2.45) is 0 Å². The molecule has 4 aromatic carbocycles. The number of benzene rings is 4. The van der Waals surface area contributed by atoms with Crippen LogP contribution >= 0.6 is 0 Å². The molecule has 0 fully saturated rings. The zero-order valence-corrected chi connectivity index (χ0v) is 19.2. The highest BCUT2D eigenvalue weighted by Gasteiger charge is 2.15. The van der Waals surface area contributed by atoms with Crippen LogP contribution in [0.1, 0.15) is 27.9 Å². The number of carbonyl (C=O) groups is 1. The predicted molar refractivity (Wildman–Crippen MR) is 141 cm³/mol. The minimum Gasteiger partial charge on any atom is -0.322 e. The molecule has 0 unspecified atom stereocenters. The first kappa shape index (κ1) is 21.9. The van der Waals surface area contributed by atoms with Crippen LogP contribution in [0.15, 0.2) is 115 Å². The molecule has 1 heterocycles. The van der Waals surface area contributed by atoms with Crippen LogP contribution in [0.5, 0.6) is 0 Å². The Hall–Kier alpha value is -3.95. The first-order valence-electron chi connectivity index (χ1n) is 11.8. The van der Waals surface area contributed by atoms with Crippen LogP contribution < -0.4 is 5.32 Å². The average molecular weight is 445 g/mol. The van der Waals surface area contributed by atoms with E-state index in [0.29, 0.717) is 5.56 Å². The molecule has 1 N–H and O–H groups in total. The Morgan fingerprint density at radius 3 is 2.12 bits per heavy atom. The van der Waals surface area contributed by atoms with Crippen molar-refractivity contribution < 1.29 is 4.79 Å². The summed E-state index contributed by atoms with van der Waals surface area (Å²) in [5, 5.41) is 3.07. The molecule has 0 bridgehead atoms. The van der Waals surface area contributed by atoms with Crippen molar-refractivity contribution in [3.8, 4) is 11.1 Å². The van der Waals surface area contributed by atoms with Crippen LogP contribution in [0, 0.1) is 0 Å². The highest BCUT2D eigenvalue weighted by atomic mass is 16.1. The predicted octanol–water partition coefficient (Wildman–Crippen LogP) is 6.90. The van der Waals surface area contributed by atoms with Gasteiger partial charge in [-0.1, -0.05) is 97.1 Å². The SMILES string of the molecule is O=C(Nc1ccc(C2=CCN(Cc3ccccc3)CC2)cc1)c1ccccc1-c1ccccc1. The summed E-state index contributed by atoms with van der Waals surface area (Å²) in [6.07, 6.45) is 3.36. The number of hydrogen-bond donors (Lipinski definition) is 1. The fraction of sp³-hybridized carbons (Fsp3) is 0.129. The van der Waals surface area contributed by atoms with Gasteiger partial charge in [0.25, 0.3) is 5.91 Å². The fourth-order valence-corrected chi connectivity index (χ4v) is 4.48. The van der Waals surface area contributed by atoms with Crippen molar-refractivity contribution in [3.63, 3.8) is 0 Å². The molecule has 1 amide bonds. The summed E-state index contributed by atoms with van der Waals surface area (Å²) in [5.74, 6) is -0.0966. The molecule has 0 spiro atoms. The molecule has 0 saturated heterocycles. The summed E-state index contributed by atoms with van der Waals surface area (Å²) in [4.78, 5) is 15.5. The quantitative estimate of drug-likeness (QED) is 0.351. The van der Waals surface area contributed by atoms with E-state index < -0.39 is 0 Å². The van der Waals surface area contributed by atoms with Crippen LogP contribution in [0.2, 0.25) is 0 Å². The highest BCUT2D eigenvalue weighted by molar-refractivity contribution is 6.08. The number of amides is 1. The van der Waals surface area contributed by atoms with Gasteiger partial charge in [-0.05, 0) is 52.4 Å². The first-order chi connectivity index (χ1) is 16.8. The second-order valence-electron chi connectivity index (χ2n) is 8.64. The molecule has 1 aliphatic heterocycles. The van der Waals surface area contributed by atoms with E-state index in [0.717, 1.165) is 42.9 Å². The number of rotatable bonds is 6. The summed E-state index contributed by atoms with van der Waals surface area (Å²) in [7, 11) is 0. The van der Waals surface area contributed by atoms with Gasteiger partial charge in [-0.15, -0.1) is 0 Å². The van der Waals surface area contributed by atoms with Crippen molar-refractivity contribution in [2.75, 3.05) is 18.4 Å². The van der Waals surface area contributed by atoms with Crippen molar-refractivity contribution in [2.45, 2.75) is 13.0 Å². The molecule has 0 radical (unpaired) electrons. The lowest BCUT2D eigenvalue weighted by molar-refractivity contribution is 0.102. The molecule has 3 nitrogen and oxygen atoms in total. The molecule has 168 valence electrons. The molecule has 5 rings (SSSR count). The Morgan fingerprint density at radius 1 is 0.735 bits per heavy atom. The van der Waals surface area contributed by atoms with E-state index in [-0.39, 0.29) is 5.91 Å². The molecule has 0 atom stereocenters. The topological polar surface area (TPSA) is 32.3 Å². The second kappa shape index (κ2) is 10.3. The molecular weight excluding hydrogens is 416 g/mol. The maximum absolute atomic E-state index is 13.1. The van der Waals surface area contributed by atoms with Crippen molar-refractivity contribution in [3.05, 3.63) is 132 Å². The lowest BCUT2D eigenvalue weighted by atomic mass is 9.98. The third-order valence-electron chi connectivity index (χ3n) is 6.31. The minimum atomic E-state index is -0.0966. The second-order valence-corrected chi connectivity index (χ2v) is 8.64. The first-order valence-corrected chi connectivity index (χ1v) is 11.8. The molecule has 34 heavy (non-hydrogen) atoms. The molecule has 3 heteroatoms. The normalized spacial score (nSPS) is 13.8. The zero-order chi connectivity index (χ0) is 23.2. The lowest BCUT2D eigenvalue weighted by Gasteiger charge is -2.26. The van der Waals surface area contributed by atoms with Gasteiger partial charge >= 0.3 is 0 Å².